The topological polar surface area (TPSA) is 106 Å². The van der Waals surface area contributed by atoms with Crippen LogP contribution in [0.1, 0.15) is 36.0 Å². The highest BCUT2D eigenvalue weighted by atomic mass is 16.7. The number of hydrogen-bond donors (Lipinski definition) is 2. The van der Waals surface area contributed by atoms with Crippen molar-refractivity contribution in [2.45, 2.75) is 44.0 Å². The van der Waals surface area contributed by atoms with Gasteiger partial charge in [0.15, 0.2) is 6.10 Å². The second kappa shape index (κ2) is 12.3. The number of fused-ring (bicyclic) bond motifs is 3. The summed E-state index contributed by atoms with van der Waals surface area (Å²) in [6.45, 7) is 2.10. The van der Waals surface area contributed by atoms with Crippen molar-refractivity contribution >= 4 is 18.0 Å². The molecule has 3 aromatic rings. The summed E-state index contributed by atoms with van der Waals surface area (Å²) >= 11 is 0. The maximum absolute atomic E-state index is 13.4. The van der Waals surface area contributed by atoms with Gasteiger partial charge in [-0.25, -0.2) is 9.59 Å². The van der Waals surface area contributed by atoms with Crippen molar-refractivity contribution in [3.63, 3.8) is 0 Å². The van der Waals surface area contributed by atoms with Crippen LogP contribution in [0.15, 0.2) is 78.9 Å². The van der Waals surface area contributed by atoms with Gasteiger partial charge in [0, 0.05) is 25.8 Å². The van der Waals surface area contributed by atoms with Crippen molar-refractivity contribution in [1.29, 1.82) is 0 Å². The molecule has 208 valence electrons. The van der Waals surface area contributed by atoms with E-state index in [9.17, 15) is 14.4 Å². The molecule has 1 saturated heterocycles. The Kier molecular flexibility index (Phi) is 8.42. The van der Waals surface area contributed by atoms with E-state index < -0.39 is 36.3 Å². The normalized spacial score (nSPS) is 18.9. The number of amides is 2. The highest BCUT2D eigenvalue weighted by Crippen LogP contribution is 2.44. The molecule has 2 amide bonds. The van der Waals surface area contributed by atoms with Crippen LogP contribution in [0.3, 0.4) is 0 Å². The number of alkyl carbamates (subject to hydrolysis) is 1. The van der Waals surface area contributed by atoms with Gasteiger partial charge in [-0.05, 0) is 34.7 Å². The van der Waals surface area contributed by atoms with Crippen LogP contribution in [0, 0.1) is 0 Å². The molecule has 9 nitrogen and oxygen atoms in total. The fourth-order valence-corrected chi connectivity index (χ4v) is 5.30. The van der Waals surface area contributed by atoms with Gasteiger partial charge in [-0.3, -0.25) is 9.63 Å². The zero-order chi connectivity index (χ0) is 28.1. The predicted molar refractivity (Wildman–Crippen MR) is 148 cm³/mol. The van der Waals surface area contributed by atoms with E-state index in [1.165, 1.54) is 5.06 Å². The highest BCUT2D eigenvalue weighted by Gasteiger charge is 2.38. The molecular weight excluding hydrogens is 510 g/mol. The van der Waals surface area contributed by atoms with Crippen LogP contribution in [0.2, 0.25) is 0 Å². The van der Waals surface area contributed by atoms with Gasteiger partial charge >= 0.3 is 12.1 Å². The molecule has 2 aliphatic rings. The summed E-state index contributed by atoms with van der Waals surface area (Å²) in [4.78, 5) is 44.1. The smallest absolute Gasteiger partial charge is 0.407 e. The molecule has 1 heterocycles. The van der Waals surface area contributed by atoms with Gasteiger partial charge < -0.3 is 20.1 Å². The maximum atomic E-state index is 13.4. The molecule has 3 aromatic carbocycles. The average molecular weight is 544 g/mol. The number of ether oxygens (including phenoxy) is 2. The lowest BCUT2D eigenvalue weighted by atomic mass is 9.98. The number of nitrogens with zero attached hydrogens (tertiary/aromatic N) is 1. The van der Waals surface area contributed by atoms with Crippen LogP contribution in [-0.2, 0) is 30.3 Å². The minimum Gasteiger partial charge on any atom is -0.464 e. The molecule has 40 heavy (non-hydrogen) atoms. The molecule has 1 aliphatic carbocycles. The number of esters is 1. The third kappa shape index (κ3) is 6.00. The molecular formula is C31H33N3O6. The third-order valence-electron chi connectivity index (χ3n) is 7.26. The van der Waals surface area contributed by atoms with Gasteiger partial charge in [0.2, 0.25) is 5.91 Å². The van der Waals surface area contributed by atoms with Gasteiger partial charge in [0.25, 0.3) is 0 Å². The van der Waals surface area contributed by atoms with Gasteiger partial charge in [-0.2, -0.15) is 5.06 Å². The molecule has 9 heteroatoms. The molecule has 0 saturated carbocycles. The molecule has 1 aliphatic heterocycles. The van der Waals surface area contributed by atoms with E-state index in [4.69, 9.17) is 14.3 Å². The van der Waals surface area contributed by atoms with E-state index in [0.717, 1.165) is 27.8 Å². The fraction of sp³-hybridized carbons (Fsp3) is 0.323. The van der Waals surface area contributed by atoms with E-state index in [-0.39, 0.29) is 32.0 Å². The van der Waals surface area contributed by atoms with Crippen molar-refractivity contribution in [1.82, 2.24) is 15.7 Å². The van der Waals surface area contributed by atoms with E-state index >= 15 is 0 Å². The molecule has 0 radical (unpaired) electrons. The predicted octanol–water partition coefficient (Wildman–Crippen LogP) is 3.78. The quantitative estimate of drug-likeness (QED) is 0.396. The number of rotatable bonds is 9. The molecule has 3 atom stereocenters. The molecule has 1 fully saturated rings. The van der Waals surface area contributed by atoms with E-state index in [1.807, 2.05) is 54.6 Å². The Morgan fingerprint density at radius 1 is 0.925 bits per heavy atom. The first kappa shape index (κ1) is 27.4. The number of carbonyl (C=O) groups excluding carboxylic acids is 3. The molecule has 5 rings (SSSR count). The summed E-state index contributed by atoms with van der Waals surface area (Å²) in [6.07, 6.45) is -1.57. The Morgan fingerprint density at radius 3 is 2.20 bits per heavy atom. The standard InChI is InChI=1S/C31H33N3O6/c1-3-38-30(36)27-18-28(34(2)40-27)33-29(35)26(17-20-11-5-4-6-12-20)32-31(37)39-19-25-23-15-9-7-13-21(23)22-14-8-10-16-24(22)25/h4-16,25-28H,3,17-19H2,1-2H3,(H,32,37)(H,33,35)/t26-,27+,28-/m0/s1. The number of benzene rings is 3. The van der Waals surface area contributed by atoms with Gasteiger partial charge in [-0.15, -0.1) is 0 Å². The van der Waals surface area contributed by atoms with Crippen LogP contribution < -0.4 is 10.6 Å². The summed E-state index contributed by atoms with van der Waals surface area (Å²) in [6, 6.07) is 24.7. The average Bonchev–Trinajstić information content (AvgIpc) is 3.49. The number of carbonyl (C=O) groups is 3. The Hall–Kier alpha value is -4.21. The van der Waals surface area contributed by atoms with Gasteiger partial charge in [-0.1, -0.05) is 78.9 Å². The Bertz CT molecular complexity index is 1320. The largest absolute Gasteiger partial charge is 0.464 e. The van der Waals surface area contributed by atoms with Crippen molar-refractivity contribution < 1.29 is 28.7 Å². The summed E-state index contributed by atoms with van der Waals surface area (Å²) in [5.74, 6) is -0.991. The van der Waals surface area contributed by atoms with Crippen LogP contribution in [0.4, 0.5) is 4.79 Å². The first-order valence-electron chi connectivity index (χ1n) is 13.5. The second-order valence-corrected chi connectivity index (χ2v) is 9.86. The van der Waals surface area contributed by atoms with Crippen molar-refractivity contribution in [2.75, 3.05) is 20.3 Å². The van der Waals surface area contributed by atoms with Gasteiger partial charge in [0.1, 0.15) is 18.8 Å². The fourth-order valence-electron chi connectivity index (χ4n) is 5.30. The third-order valence-corrected chi connectivity index (χ3v) is 7.26. The zero-order valence-corrected chi connectivity index (χ0v) is 22.5. The summed E-state index contributed by atoms with van der Waals surface area (Å²) < 4.78 is 10.7. The number of hydroxylamine groups is 2. The van der Waals surface area contributed by atoms with Crippen LogP contribution in [0.25, 0.3) is 11.1 Å². The van der Waals surface area contributed by atoms with Crippen LogP contribution in [0.5, 0.6) is 0 Å². The minimum atomic E-state index is -0.909. The molecule has 0 aromatic heterocycles. The first-order chi connectivity index (χ1) is 19.4. The maximum Gasteiger partial charge on any atom is 0.407 e. The highest BCUT2D eigenvalue weighted by molar-refractivity contribution is 5.86. The summed E-state index contributed by atoms with van der Waals surface area (Å²) in [5, 5.41) is 7.07. The summed E-state index contributed by atoms with van der Waals surface area (Å²) in [7, 11) is 1.63. The first-order valence-corrected chi connectivity index (χ1v) is 13.5. The number of hydrogen-bond acceptors (Lipinski definition) is 7. The SMILES string of the molecule is CCOC(=O)[C@H]1C[C@@H](NC(=O)[C@H](Cc2ccccc2)NC(=O)OCC2c3ccccc3-c3ccccc32)N(C)O1. The second-order valence-electron chi connectivity index (χ2n) is 9.86. The van der Waals surface area contributed by atoms with Gasteiger partial charge in [0.05, 0.1) is 6.61 Å². The summed E-state index contributed by atoms with van der Waals surface area (Å²) in [5.41, 5.74) is 5.36. The Balaban J connectivity index is 1.25. The van der Waals surface area contributed by atoms with E-state index in [2.05, 4.69) is 34.9 Å². The number of nitrogens with one attached hydrogen (secondary N) is 2. The monoisotopic (exact) mass is 543 g/mol. The lowest BCUT2D eigenvalue weighted by Crippen LogP contribution is -2.53. The van der Waals surface area contributed by atoms with Crippen LogP contribution >= 0.6 is 0 Å². The molecule has 0 spiro atoms. The lowest BCUT2D eigenvalue weighted by Gasteiger charge is -2.24. The van der Waals surface area contributed by atoms with E-state index in [1.54, 1.807) is 14.0 Å². The van der Waals surface area contributed by atoms with Crippen molar-refractivity contribution in [2.24, 2.45) is 0 Å². The molecule has 0 bridgehead atoms. The van der Waals surface area contributed by atoms with Crippen molar-refractivity contribution in [3.8, 4) is 11.1 Å². The Labute approximate surface area is 233 Å². The van der Waals surface area contributed by atoms with E-state index in [0.29, 0.717) is 0 Å². The van der Waals surface area contributed by atoms with Crippen LogP contribution in [-0.4, -0.2) is 61.6 Å². The molecule has 0 unspecified atom stereocenters. The van der Waals surface area contributed by atoms with Crippen molar-refractivity contribution in [3.05, 3.63) is 95.6 Å². The zero-order valence-electron chi connectivity index (χ0n) is 22.5. The Morgan fingerprint density at radius 2 is 1.55 bits per heavy atom. The molecule has 2 N–H and O–H groups in total. The minimum absolute atomic E-state index is 0.0938. The lowest BCUT2D eigenvalue weighted by molar-refractivity contribution is -0.182.